The van der Waals surface area contributed by atoms with Gasteiger partial charge in [0, 0.05) is 6.54 Å². The number of sulfonamides is 1. The number of rotatable bonds is 14. The topological polar surface area (TPSA) is 187 Å². The first-order chi connectivity index (χ1) is 16.9. The molecule has 194 valence electrons. The standard InChI is InChI=1S/C24H28N2O9S/c1-15-5-4-6-16(11-15)19(23(31)26-17(14-27)12-22(29)30)7-2-3-10-25-36(34,35)18-8-9-21(28)20(13-18)24(32)33/h4-6,8-9,11,13-14,17,19,25,28H,2-3,7,10,12H2,1H3,(H,26,31)(H,29,30)(H,32,33)/t17-,19?/m0/s1. The number of hydrogen-bond acceptors (Lipinski definition) is 7. The molecule has 0 bridgehead atoms. The van der Waals surface area contributed by atoms with Crippen molar-refractivity contribution in [2.75, 3.05) is 6.54 Å². The second kappa shape index (κ2) is 12.8. The normalized spacial score (nSPS) is 12.9. The predicted molar refractivity (Wildman–Crippen MR) is 128 cm³/mol. The van der Waals surface area contributed by atoms with Crippen LogP contribution in [-0.4, -0.2) is 60.5 Å². The number of aliphatic carboxylic acids is 1. The molecule has 0 aromatic heterocycles. The van der Waals surface area contributed by atoms with Crippen molar-refractivity contribution < 1.29 is 42.9 Å². The fourth-order valence-corrected chi connectivity index (χ4v) is 4.66. The van der Waals surface area contributed by atoms with Crippen molar-refractivity contribution in [3.05, 3.63) is 59.2 Å². The minimum absolute atomic E-state index is 0.00372. The number of carbonyl (C=O) groups excluding carboxylic acids is 2. The van der Waals surface area contributed by atoms with Crippen molar-refractivity contribution in [2.45, 2.75) is 49.5 Å². The molecule has 5 N–H and O–H groups in total. The molecule has 2 aromatic rings. The molecule has 36 heavy (non-hydrogen) atoms. The highest BCUT2D eigenvalue weighted by atomic mass is 32.2. The molecule has 0 spiro atoms. The van der Waals surface area contributed by atoms with E-state index in [0.717, 1.165) is 23.8 Å². The maximum atomic E-state index is 12.9. The summed E-state index contributed by atoms with van der Waals surface area (Å²) in [5.41, 5.74) is 1.05. The molecule has 0 radical (unpaired) electrons. The first-order valence-corrected chi connectivity index (χ1v) is 12.5. The summed E-state index contributed by atoms with van der Waals surface area (Å²) in [5.74, 6) is -4.44. The maximum Gasteiger partial charge on any atom is 0.339 e. The number of aromatic carboxylic acids is 1. The Labute approximate surface area is 208 Å². The Morgan fingerprint density at radius 3 is 2.39 bits per heavy atom. The van der Waals surface area contributed by atoms with E-state index in [1.807, 2.05) is 19.1 Å². The summed E-state index contributed by atoms with van der Waals surface area (Å²) in [7, 11) is -4.04. The SMILES string of the molecule is Cc1cccc(C(CCCCNS(=O)(=O)c2ccc(O)c(C(=O)O)c2)C(=O)N[C@H](C=O)CC(=O)O)c1. The summed E-state index contributed by atoms with van der Waals surface area (Å²) in [6.07, 6.45) is 0.879. The number of amides is 1. The minimum Gasteiger partial charge on any atom is -0.507 e. The number of unbranched alkanes of at least 4 members (excludes halogenated alkanes) is 1. The van der Waals surface area contributed by atoms with Gasteiger partial charge in [-0.05, 0) is 43.5 Å². The van der Waals surface area contributed by atoms with Gasteiger partial charge in [0.25, 0.3) is 0 Å². The summed E-state index contributed by atoms with van der Waals surface area (Å²) < 4.78 is 27.3. The van der Waals surface area contributed by atoms with E-state index in [4.69, 9.17) is 10.2 Å². The molecular formula is C24H28N2O9S. The number of phenols is 1. The highest BCUT2D eigenvalue weighted by Gasteiger charge is 2.24. The van der Waals surface area contributed by atoms with Crippen molar-refractivity contribution in [1.82, 2.24) is 10.0 Å². The van der Waals surface area contributed by atoms with Gasteiger partial charge >= 0.3 is 11.9 Å². The number of carbonyl (C=O) groups is 4. The molecular weight excluding hydrogens is 492 g/mol. The lowest BCUT2D eigenvalue weighted by Gasteiger charge is -2.20. The average molecular weight is 521 g/mol. The van der Waals surface area contributed by atoms with E-state index in [1.165, 1.54) is 0 Å². The lowest BCUT2D eigenvalue weighted by molar-refractivity contribution is -0.138. The molecule has 11 nitrogen and oxygen atoms in total. The molecule has 0 aliphatic carbocycles. The molecule has 12 heteroatoms. The monoisotopic (exact) mass is 520 g/mol. The van der Waals surface area contributed by atoms with Crippen LogP contribution in [0.1, 0.15) is 53.1 Å². The number of aryl methyl sites for hydroxylation is 1. The number of hydrogen-bond donors (Lipinski definition) is 5. The van der Waals surface area contributed by atoms with Gasteiger partial charge in [0.1, 0.15) is 17.6 Å². The van der Waals surface area contributed by atoms with Crippen LogP contribution in [0.3, 0.4) is 0 Å². The highest BCUT2D eigenvalue weighted by Crippen LogP contribution is 2.24. The molecule has 2 aromatic carbocycles. The van der Waals surface area contributed by atoms with Crippen LogP contribution in [0, 0.1) is 6.92 Å². The number of carboxylic acids is 2. The molecule has 1 unspecified atom stereocenters. The van der Waals surface area contributed by atoms with Crippen LogP contribution < -0.4 is 10.0 Å². The van der Waals surface area contributed by atoms with E-state index in [0.29, 0.717) is 31.1 Å². The zero-order valence-electron chi connectivity index (χ0n) is 19.5. The van der Waals surface area contributed by atoms with Gasteiger partial charge in [0.15, 0.2) is 0 Å². The molecule has 0 aliphatic heterocycles. The Hall–Kier alpha value is -3.77. The predicted octanol–water partition coefficient (Wildman–Crippen LogP) is 1.79. The van der Waals surface area contributed by atoms with Gasteiger partial charge in [-0.2, -0.15) is 0 Å². The van der Waals surface area contributed by atoms with E-state index in [1.54, 1.807) is 12.1 Å². The smallest absolute Gasteiger partial charge is 0.339 e. The summed E-state index contributed by atoms with van der Waals surface area (Å²) in [6.45, 7) is 1.86. The Kier molecular flexibility index (Phi) is 10.1. The van der Waals surface area contributed by atoms with Gasteiger partial charge in [-0.1, -0.05) is 36.2 Å². The Bertz CT molecular complexity index is 1230. The second-order valence-corrected chi connectivity index (χ2v) is 9.96. The van der Waals surface area contributed by atoms with Crippen LogP contribution in [0.5, 0.6) is 5.75 Å². The second-order valence-electron chi connectivity index (χ2n) is 8.19. The van der Waals surface area contributed by atoms with Crippen LogP contribution in [0.25, 0.3) is 0 Å². The number of aldehydes is 1. The van der Waals surface area contributed by atoms with Crippen molar-refractivity contribution in [3.8, 4) is 5.75 Å². The van der Waals surface area contributed by atoms with Gasteiger partial charge in [-0.25, -0.2) is 17.9 Å². The lowest BCUT2D eigenvalue weighted by atomic mass is 9.91. The van der Waals surface area contributed by atoms with Gasteiger partial charge in [-0.3, -0.25) is 9.59 Å². The maximum absolute atomic E-state index is 12.9. The zero-order chi connectivity index (χ0) is 26.9. The Morgan fingerprint density at radius 1 is 1.06 bits per heavy atom. The molecule has 0 saturated carbocycles. The van der Waals surface area contributed by atoms with Crippen molar-refractivity contribution in [1.29, 1.82) is 0 Å². The third-order valence-electron chi connectivity index (χ3n) is 5.37. The van der Waals surface area contributed by atoms with Gasteiger partial charge < -0.3 is 25.4 Å². The third kappa shape index (κ3) is 8.17. The molecule has 0 heterocycles. The van der Waals surface area contributed by atoms with E-state index < -0.39 is 57.6 Å². The number of nitrogens with one attached hydrogen (secondary N) is 2. The van der Waals surface area contributed by atoms with E-state index in [2.05, 4.69) is 10.0 Å². The van der Waals surface area contributed by atoms with E-state index in [9.17, 15) is 32.7 Å². The van der Waals surface area contributed by atoms with Crippen LogP contribution in [0.15, 0.2) is 47.4 Å². The first-order valence-electron chi connectivity index (χ1n) is 11.0. The molecule has 0 fully saturated rings. The summed E-state index contributed by atoms with van der Waals surface area (Å²) in [5, 5.41) is 30.0. The largest absolute Gasteiger partial charge is 0.507 e. The molecule has 0 aliphatic rings. The first kappa shape index (κ1) is 28.5. The number of carboxylic acid groups (broad SMARTS) is 2. The fourth-order valence-electron chi connectivity index (χ4n) is 3.56. The Balaban J connectivity index is 2.03. The quantitative estimate of drug-likeness (QED) is 0.183. The van der Waals surface area contributed by atoms with Crippen LogP contribution >= 0.6 is 0 Å². The van der Waals surface area contributed by atoms with Crippen LogP contribution in [0.4, 0.5) is 0 Å². The van der Waals surface area contributed by atoms with Crippen molar-refractivity contribution in [2.24, 2.45) is 0 Å². The number of aromatic hydroxyl groups is 1. The zero-order valence-corrected chi connectivity index (χ0v) is 20.3. The van der Waals surface area contributed by atoms with Crippen LogP contribution in [-0.2, 0) is 24.4 Å². The van der Waals surface area contributed by atoms with Crippen molar-refractivity contribution >= 4 is 34.2 Å². The van der Waals surface area contributed by atoms with E-state index in [-0.39, 0.29) is 11.4 Å². The number of benzene rings is 2. The van der Waals surface area contributed by atoms with Crippen LogP contribution in [0.2, 0.25) is 0 Å². The molecule has 2 atom stereocenters. The molecule has 2 rings (SSSR count). The van der Waals surface area contributed by atoms with Gasteiger partial charge in [-0.15, -0.1) is 0 Å². The lowest BCUT2D eigenvalue weighted by Crippen LogP contribution is -2.40. The summed E-state index contributed by atoms with van der Waals surface area (Å²) in [6, 6.07) is 8.95. The average Bonchev–Trinajstić information content (AvgIpc) is 2.80. The third-order valence-corrected chi connectivity index (χ3v) is 6.83. The summed E-state index contributed by atoms with van der Waals surface area (Å²) >= 11 is 0. The highest BCUT2D eigenvalue weighted by molar-refractivity contribution is 7.89. The molecule has 1 amide bonds. The summed E-state index contributed by atoms with van der Waals surface area (Å²) in [4.78, 5) is 45.8. The van der Waals surface area contributed by atoms with Gasteiger partial charge in [0.05, 0.1) is 23.3 Å². The minimum atomic E-state index is -4.04. The fraction of sp³-hybridized carbons (Fsp3) is 0.333. The molecule has 0 saturated heterocycles. The Morgan fingerprint density at radius 2 is 1.78 bits per heavy atom. The van der Waals surface area contributed by atoms with E-state index >= 15 is 0 Å². The van der Waals surface area contributed by atoms with Crippen molar-refractivity contribution in [3.63, 3.8) is 0 Å². The van der Waals surface area contributed by atoms with Gasteiger partial charge in [0.2, 0.25) is 15.9 Å².